The minimum absolute atomic E-state index is 0.0177. The zero-order valence-corrected chi connectivity index (χ0v) is 13.7. The van der Waals surface area contributed by atoms with Gasteiger partial charge in [-0.15, -0.1) is 0 Å². The van der Waals surface area contributed by atoms with Gasteiger partial charge in [-0.2, -0.15) is 0 Å². The van der Waals surface area contributed by atoms with E-state index >= 15 is 0 Å². The zero-order chi connectivity index (χ0) is 16.6. The lowest BCUT2D eigenvalue weighted by Crippen LogP contribution is -2.44. The molecule has 0 bridgehead atoms. The van der Waals surface area contributed by atoms with Crippen molar-refractivity contribution >= 4 is 5.91 Å². The molecular formula is C18H21FN2O2. The van der Waals surface area contributed by atoms with Crippen molar-refractivity contribution in [2.45, 2.75) is 26.9 Å². The zero-order valence-electron chi connectivity index (χ0n) is 13.7. The number of rotatable bonds is 2. The number of morpholine rings is 1. The maximum atomic E-state index is 14.1. The molecule has 0 saturated carbocycles. The van der Waals surface area contributed by atoms with Gasteiger partial charge in [-0.3, -0.25) is 4.79 Å². The van der Waals surface area contributed by atoms with Crippen molar-refractivity contribution in [3.63, 3.8) is 0 Å². The molecule has 4 nitrogen and oxygen atoms in total. The van der Waals surface area contributed by atoms with E-state index in [1.54, 1.807) is 22.8 Å². The number of amides is 1. The number of ether oxygens (including phenoxy) is 1. The Hall–Kier alpha value is -2.14. The van der Waals surface area contributed by atoms with Gasteiger partial charge in [0.05, 0.1) is 24.0 Å². The van der Waals surface area contributed by atoms with Crippen molar-refractivity contribution in [1.29, 1.82) is 0 Å². The normalized spacial score (nSPS) is 18.3. The number of halogens is 1. The largest absolute Gasteiger partial charge is 0.375 e. The number of hydrogen-bond donors (Lipinski definition) is 0. The minimum atomic E-state index is -0.298. The first-order valence-electron chi connectivity index (χ1n) is 7.83. The average Bonchev–Trinajstić information content (AvgIpc) is 2.82. The Balaban J connectivity index is 1.98. The van der Waals surface area contributed by atoms with Gasteiger partial charge in [0.2, 0.25) is 0 Å². The van der Waals surface area contributed by atoms with Crippen LogP contribution in [0.5, 0.6) is 0 Å². The molecular weight excluding hydrogens is 295 g/mol. The summed E-state index contributed by atoms with van der Waals surface area (Å²) in [5.41, 5.74) is 2.70. The molecule has 3 rings (SSSR count). The molecule has 1 aromatic carbocycles. The monoisotopic (exact) mass is 316 g/mol. The summed E-state index contributed by atoms with van der Waals surface area (Å²) in [5.74, 6) is -0.316. The summed E-state index contributed by atoms with van der Waals surface area (Å²) < 4.78 is 21.4. The van der Waals surface area contributed by atoms with Crippen LogP contribution in [-0.4, -0.2) is 41.2 Å². The molecule has 23 heavy (non-hydrogen) atoms. The molecule has 1 unspecified atom stereocenters. The Bertz CT molecular complexity index is 739. The average molecular weight is 316 g/mol. The molecule has 1 saturated heterocycles. The van der Waals surface area contributed by atoms with Gasteiger partial charge >= 0.3 is 0 Å². The number of carbonyl (C=O) groups excluding carboxylic acids is 1. The van der Waals surface area contributed by atoms with Crippen molar-refractivity contribution in [1.82, 2.24) is 9.47 Å². The number of hydrogen-bond acceptors (Lipinski definition) is 2. The van der Waals surface area contributed by atoms with Crippen LogP contribution in [0.2, 0.25) is 0 Å². The molecule has 0 N–H and O–H groups in total. The van der Waals surface area contributed by atoms with E-state index in [9.17, 15) is 9.18 Å². The molecule has 0 aliphatic carbocycles. The van der Waals surface area contributed by atoms with E-state index in [4.69, 9.17) is 4.74 Å². The summed E-state index contributed by atoms with van der Waals surface area (Å²) in [4.78, 5) is 14.6. The highest BCUT2D eigenvalue weighted by molar-refractivity contribution is 5.96. The van der Waals surface area contributed by atoms with Crippen LogP contribution in [-0.2, 0) is 4.74 Å². The number of benzene rings is 1. The highest BCUT2D eigenvalue weighted by atomic mass is 19.1. The summed E-state index contributed by atoms with van der Waals surface area (Å²) in [5, 5.41) is 0. The number of carbonyl (C=O) groups is 1. The third kappa shape index (κ3) is 2.88. The van der Waals surface area contributed by atoms with Crippen LogP contribution in [0, 0.1) is 19.7 Å². The van der Waals surface area contributed by atoms with Crippen LogP contribution in [0.15, 0.2) is 30.3 Å². The standard InChI is InChI=1S/C18H21FN2O2/c1-12-10-15(18(22)20-8-9-23-13(2)11-20)14(3)21(12)17-7-5-4-6-16(17)19/h4-7,10,13H,8-9,11H2,1-3H3. The quantitative estimate of drug-likeness (QED) is 0.853. The van der Waals surface area contributed by atoms with Crippen LogP contribution in [0.3, 0.4) is 0 Å². The van der Waals surface area contributed by atoms with Crippen LogP contribution < -0.4 is 0 Å². The van der Waals surface area contributed by atoms with E-state index in [0.29, 0.717) is 30.9 Å². The Kier molecular flexibility index (Phi) is 4.22. The molecule has 0 spiro atoms. The van der Waals surface area contributed by atoms with E-state index in [-0.39, 0.29) is 17.8 Å². The lowest BCUT2D eigenvalue weighted by atomic mass is 10.2. The first kappa shape index (κ1) is 15.7. The van der Waals surface area contributed by atoms with Crippen molar-refractivity contribution in [2.75, 3.05) is 19.7 Å². The lowest BCUT2D eigenvalue weighted by Gasteiger charge is -2.31. The minimum Gasteiger partial charge on any atom is -0.375 e. The van der Waals surface area contributed by atoms with Crippen molar-refractivity contribution in [3.8, 4) is 5.69 Å². The third-order valence-corrected chi connectivity index (χ3v) is 4.28. The van der Waals surface area contributed by atoms with E-state index in [1.807, 2.05) is 31.7 Å². The summed E-state index contributed by atoms with van der Waals surface area (Å²) >= 11 is 0. The van der Waals surface area contributed by atoms with E-state index in [1.165, 1.54) is 6.07 Å². The molecule has 1 amide bonds. The summed E-state index contributed by atoms with van der Waals surface area (Å²) in [6.07, 6.45) is 0.0442. The Morgan fingerprint density at radius 1 is 1.30 bits per heavy atom. The highest BCUT2D eigenvalue weighted by Crippen LogP contribution is 2.24. The smallest absolute Gasteiger partial charge is 0.255 e. The lowest BCUT2D eigenvalue weighted by molar-refractivity contribution is -0.0124. The Morgan fingerprint density at radius 2 is 2.04 bits per heavy atom. The van der Waals surface area contributed by atoms with Crippen molar-refractivity contribution < 1.29 is 13.9 Å². The van der Waals surface area contributed by atoms with Gasteiger partial charge < -0.3 is 14.2 Å². The van der Waals surface area contributed by atoms with E-state index in [2.05, 4.69) is 0 Å². The van der Waals surface area contributed by atoms with Crippen molar-refractivity contribution in [2.24, 2.45) is 0 Å². The molecule has 2 aromatic rings. The molecule has 1 aliphatic heterocycles. The first-order valence-corrected chi connectivity index (χ1v) is 7.83. The second kappa shape index (κ2) is 6.16. The Morgan fingerprint density at radius 3 is 2.74 bits per heavy atom. The Labute approximate surface area is 135 Å². The molecule has 1 atom stereocenters. The van der Waals surface area contributed by atoms with Crippen LogP contribution in [0.1, 0.15) is 28.7 Å². The maximum Gasteiger partial charge on any atom is 0.255 e. The summed E-state index contributed by atoms with van der Waals surface area (Å²) in [6.45, 7) is 7.43. The van der Waals surface area contributed by atoms with Crippen LogP contribution in [0.25, 0.3) is 5.69 Å². The van der Waals surface area contributed by atoms with Crippen molar-refractivity contribution in [3.05, 3.63) is 53.1 Å². The van der Waals surface area contributed by atoms with E-state index < -0.39 is 0 Å². The number of nitrogens with zero attached hydrogens (tertiary/aromatic N) is 2. The molecule has 122 valence electrons. The SMILES string of the molecule is Cc1cc(C(=O)N2CCOC(C)C2)c(C)n1-c1ccccc1F. The fraction of sp³-hybridized carbons (Fsp3) is 0.389. The van der Waals surface area contributed by atoms with Gasteiger partial charge in [0.25, 0.3) is 5.91 Å². The molecule has 2 heterocycles. The summed E-state index contributed by atoms with van der Waals surface area (Å²) in [7, 11) is 0. The predicted molar refractivity (Wildman–Crippen MR) is 86.5 cm³/mol. The van der Waals surface area contributed by atoms with E-state index in [0.717, 1.165) is 11.4 Å². The molecule has 1 aromatic heterocycles. The van der Waals surface area contributed by atoms with Crippen LogP contribution in [0.4, 0.5) is 4.39 Å². The van der Waals surface area contributed by atoms with Gasteiger partial charge in [0.1, 0.15) is 5.82 Å². The molecule has 5 heteroatoms. The molecule has 1 aliphatic rings. The second-order valence-corrected chi connectivity index (χ2v) is 6.00. The number of aryl methyl sites for hydroxylation is 1. The summed E-state index contributed by atoms with van der Waals surface area (Å²) in [6, 6.07) is 8.45. The number of aromatic nitrogens is 1. The fourth-order valence-corrected chi connectivity index (χ4v) is 3.16. The van der Waals surface area contributed by atoms with Gasteiger partial charge in [0.15, 0.2) is 0 Å². The fourth-order valence-electron chi connectivity index (χ4n) is 3.16. The van der Waals surface area contributed by atoms with Gasteiger partial charge in [-0.05, 0) is 39.0 Å². The van der Waals surface area contributed by atoms with Gasteiger partial charge in [0, 0.05) is 24.5 Å². The highest BCUT2D eigenvalue weighted by Gasteiger charge is 2.26. The van der Waals surface area contributed by atoms with Crippen LogP contribution >= 0.6 is 0 Å². The first-order chi connectivity index (χ1) is 11.0. The van der Waals surface area contributed by atoms with Gasteiger partial charge in [-0.1, -0.05) is 12.1 Å². The second-order valence-electron chi connectivity index (χ2n) is 6.00. The molecule has 0 radical (unpaired) electrons. The maximum absolute atomic E-state index is 14.1. The van der Waals surface area contributed by atoms with Gasteiger partial charge in [-0.25, -0.2) is 4.39 Å². The topological polar surface area (TPSA) is 34.5 Å². The number of para-hydroxylation sites is 1. The third-order valence-electron chi connectivity index (χ3n) is 4.28. The molecule has 1 fully saturated rings. The predicted octanol–water partition coefficient (Wildman–Crippen LogP) is 3.09.